The van der Waals surface area contributed by atoms with Gasteiger partial charge in [0.1, 0.15) is 36.4 Å². The molecule has 1 N–H and O–H groups in total. The van der Waals surface area contributed by atoms with Crippen LogP contribution in [0.15, 0.2) is 95.5 Å². The van der Waals surface area contributed by atoms with Gasteiger partial charge in [-0.05, 0) is 54.1 Å². The van der Waals surface area contributed by atoms with Crippen molar-refractivity contribution in [1.29, 1.82) is 5.26 Å². The highest BCUT2D eigenvalue weighted by atomic mass is 79.9. The van der Waals surface area contributed by atoms with Crippen molar-refractivity contribution in [3.8, 4) is 17.6 Å². The first-order valence-electron chi connectivity index (χ1n) is 9.82. The summed E-state index contributed by atoms with van der Waals surface area (Å²) in [6.07, 6.45) is 3.13. The third-order valence-electron chi connectivity index (χ3n) is 4.37. The minimum Gasteiger partial charge on any atom is -0.489 e. The Labute approximate surface area is 195 Å². The maximum atomic E-state index is 12.6. The fourth-order valence-electron chi connectivity index (χ4n) is 2.76. The van der Waals surface area contributed by atoms with E-state index in [-0.39, 0.29) is 5.57 Å². The number of carbonyl (C=O) groups is 1. The van der Waals surface area contributed by atoms with Crippen LogP contribution >= 0.6 is 15.9 Å². The lowest BCUT2D eigenvalue weighted by atomic mass is 10.1. The molecule has 0 spiro atoms. The van der Waals surface area contributed by atoms with Crippen LogP contribution in [0, 0.1) is 11.3 Å². The van der Waals surface area contributed by atoms with Crippen LogP contribution in [0.5, 0.6) is 11.5 Å². The molecule has 0 saturated heterocycles. The minimum absolute atomic E-state index is 0.0322. The molecule has 32 heavy (non-hydrogen) atoms. The molecule has 0 aliphatic heterocycles. The molecule has 0 bridgehead atoms. The number of nitrogens with one attached hydrogen (secondary N) is 1. The average Bonchev–Trinajstić information content (AvgIpc) is 2.82. The summed E-state index contributed by atoms with van der Waals surface area (Å²) in [7, 11) is 0. The number of amides is 1. The molecule has 0 aliphatic carbocycles. The van der Waals surface area contributed by atoms with Crippen LogP contribution in [0.3, 0.4) is 0 Å². The molecule has 3 aromatic carbocycles. The topological polar surface area (TPSA) is 71.3 Å². The van der Waals surface area contributed by atoms with Gasteiger partial charge in [0.05, 0.1) is 0 Å². The van der Waals surface area contributed by atoms with Crippen molar-refractivity contribution >= 4 is 33.6 Å². The predicted molar refractivity (Wildman–Crippen MR) is 129 cm³/mol. The highest BCUT2D eigenvalue weighted by Gasteiger charge is 2.11. The van der Waals surface area contributed by atoms with E-state index in [9.17, 15) is 10.1 Å². The molecule has 1 amide bonds. The second-order valence-electron chi connectivity index (χ2n) is 6.70. The zero-order valence-electron chi connectivity index (χ0n) is 17.3. The van der Waals surface area contributed by atoms with E-state index >= 15 is 0 Å². The molecular formula is C26H21BrN2O3. The van der Waals surface area contributed by atoms with Crippen molar-refractivity contribution in [1.82, 2.24) is 0 Å². The molecule has 160 valence electrons. The fraction of sp³-hybridized carbons (Fsp3) is 0.0769. The van der Waals surface area contributed by atoms with E-state index in [1.54, 1.807) is 42.5 Å². The fourth-order valence-corrected chi connectivity index (χ4v) is 3.03. The number of hydrogen-bond donors (Lipinski definition) is 1. The van der Waals surface area contributed by atoms with Crippen molar-refractivity contribution < 1.29 is 14.3 Å². The van der Waals surface area contributed by atoms with Crippen LogP contribution in [-0.2, 0) is 11.4 Å². The lowest BCUT2D eigenvalue weighted by Gasteiger charge is -2.09. The molecule has 3 rings (SSSR count). The maximum absolute atomic E-state index is 12.6. The SMILES string of the molecule is C=CCOc1ccccc1/C=C(\C#N)C(=O)Nc1ccc(OCc2ccc(Br)cc2)cc1. The van der Waals surface area contributed by atoms with Gasteiger partial charge in [0.15, 0.2) is 0 Å². The van der Waals surface area contributed by atoms with E-state index < -0.39 is 5.91 Å². The number of anilines is 1. The standard InChI is InChI=1S/C26H21BrN2O3/c1-2-15-31-25-6-4-3-5-20(25)16-21(17-28)26(30)29-23-11-13-24(14-12-23)32-18-19-7-9-22(27)10-8-19/h2-14,16H,1,15,18H2,(H,29,30)/b21-16+. The summed E-state index contributed by atoms with van der Waals surface area (Å²) in [6.45, 7) is 4.39. The molecule has 5 nitrogen and oxygen atoms in total. The van der Waals surface area contributed by atoms with Crippen LogP contribution in [0.25, 0.3) is 6.08 Å². The van der Waals surface area contributed by atoms with Crippen molar-refractivity contribution in [3.63, 3.8) is 0 Å². The Balaban J connectivity index is 1.64. The molecule has 3 aromatic rings. The smallest absolute Gasteiger partial charge is 0.266 e. The van der Waals surface area contributed by atoms with Gasteiger partial charge in [-0.1, -0.05) is 58.9 Å². The lowest BCUT2D eigenvalue weighted by molar-refractivity contribution is -0.112. The molecule has 0 heterocycles. The van der Waals surface area contributed by atoms with E-state index in [4.69, 9.17) is 9.47 Å². The van der Waals surface area contributed by atoms with Crippen molar-refractivity contribution in [2.45, 2.75) is 6.61 Å². The van der Waals surface area contributed by atoms with Crippen LogP contribution in [0.1, 0.15) is 11.1 Å². The average molecular weight is 489 g/mol. The van der Waals surface area contributed by atoms with Crippen molar-refractivity contribution in [3.05, 3.63) is 107 Å². The van der Waals surface area contributed by atoms with Gasteiger partial charge in [0.25, 0.3) is 5.91 Å². The Bertz CT molecular complexity index is 1150. The first kappa shape index (κ1) is 22.9. The number of benzene rings is 3. The van der Waals surface area contributed by atoms with Gasteiger partial charge in [-0.25, -0.2) is 0 Å². The summed E-state index contributed by atoms with van der Waals surface area (Å²) in [6, 6.07) is 24.0. The molecule has 0 aromatic heterocycles. The number of carbonyl (C=O) groups excluding carboxylic acids is 1. The van der Waals surface area contributed by atoms with Gasteiger partial charge >= 0.3 is 0 Å². The highest BCUT2D eigenvalue weighted by molar-refractivity contribution is 9.10. The summed E-state index contributed by atoms with van der Waals surface area (Å²) in [4.78, 5) is 12.6. The molecule has 0 atom stereocenters. The number of nitriles is 1. The molecular weight excluding hydrogens is 468 g/mol. The van der Waals surface area contributed by atoms with Gasteiger partial charge in [0, 0.05) is 15.7 Å². The Morgan fingerprint density at radius 3 is 2.44 bits per heavy atom. The summed E-state index contributed by atoms with van der Waals surface area (Å²) < 4.78 is 12.4. The van der Waals surface area contributed by atoms with Crippen LogP contribution in [-0.4, -0.2) is 12.5 Å². The van der Waals surface area contributed by atoms with Crippen molar-refractivity contribution in [2.75, 3.05) is 11.9 Å². The number of hydrogen-bond acceptors (Lipinski definition) is 4. The van der Waals surface area contributed by atoms with E-state index in [2.05, 4.69) is 27.8 Å². The second kappa shape index (κ2) is 11.5. The van der Waals surface area contributed by atoms with Crippen LogP contribution < -0.4 is 14.8 Å². The largest absolute Gasteiger partial charge is 0.489 e. The van der Waals surface area contributed by atoms with Crippen LogP contribution in [0.2, 0.25) is 0 Å². The summed E-state index contributed by atoms with van der Waals surface area (Å²) >= 11 is 3.41. The number of nitrogens with zero attached hydrogens (tertiary/aromatic N) is 1. The summed E-state index contributed by atoms with van der Waals surface area (Å²) in [5.74, 6) is 0.741. The Morgan fingerprint density at radius 2 is 1.75 bits per heavy atom. The molecule has 6 heteroatoms. The summed E-state index contributed by atoms with van der Waals surface area (Å²) in [5.41, 5.74) is 2.21. The zero-order valence-corrected chi connectivity index (χ0v) is 18.8. The lowest BCUT2D eigenvalue weighted by Crippen LogP contribution is -2.13. The first-order chi connectivity index (χ1) is 15.6. The maximum Gasteiger partial charge on any atom is 0.266 e. The number of ether oxygens (including phenoxy) is 2. The molecule has 0 radical (unpaired) electrons. The number of rotatable bonds is 9. The predicted octanol–water partition coefficient (Wildman–Crippen LogP) is 6.14. The van der Waals surface area contributed by atoms with E-state index in [1.807, 2.05) is 42.5 Å². The Kier molecular flexibility index (Phi) is 8.24. The number of halogens is 1. The Morgan fingerprint density at radius 1 is 1.03 bits per heavy atom. The third-order valence-corrected chi connectivity index (χ3v) is 4.90. The minimum atomic E-state index is -0.505. The molecule has 0 unspecified atom stereocenters. The third kappa shape index (κ3) is 6.59. The van der Waals surface area contributed by atoms with E-state index in [1.165, 1.54) is 6.08 Å². The normalized spacial score (nSPS) is 10.7. The number of para-hydroxylation sites is 1. The van der Waals surface area contributed by atoms with Gasteiger partial charge in [-0.3, -0.25) is 4.79 Å². The Hall–Kier alpha value is -3.82. The quantitative estimate of drug-likeness (QED) is 0.223. The van der Waals surface area contributed by atoms with Crippen LogP contribution in [0.4, 0.5) is 5.69 Å². The van der Waals surface area contributed by atoms with Crippen molar-refractivity contribution in [2.24, 2.45) is 0 Å². The molecule has 0 aliphatic rings. The summed E-state index contributed by atoms with van der Waals surface area (Å²) in [5, 5.41) is 12.2. The second-order valence-corrected chi connectivity index (χ2v) is 7.62. The van der Waals surface area contributed by atoms with E-state index in [0.29, 0.717) is 36.0 Å². The van der Waals surface area contributed by atoms with Gasteiger partial charge in [-0.2, -0.15) is 5.26 Å². The molecule has 0 saturated carbocycles. The zero-order chi connectivity index (χ0) is 22.8. The van der Waals surface area contributed by atoms with Gasteiger partial charge in [0.2, 0.25) is 0 Å². The van der Waals surface area contributed by atoms with Gasteiger partial charge < -0.3 is 14.8 Å². The first-order valence-corrected chi connectivity index (χ1v) is 10.6. The van der Waals surface area contributed by atoms with E-state index in [0.717, 1.165) is 10.0 Å². The highest BCUT2D eigenvalue weighted by Crippen LogP contribution is 2.22. The molecule has 0 fully saturated rings. The van der Waals surface area contributed by atoms with Gasteiger partial charge in [-0.15, -0.1) is 0 Å². The monoisotopic (exact) mass is 488 g/mol.